The van der Waals surface area contributed by atoms with Crippen molar-refractivity contribution in [2.75, 3.05) is 11.3 Å². The van der Waals surface area contributed by atoms with Gasteiger partial charge in [0.1, 0.15) is 17.7 Å². The lowest BCUT2D eigenvalue weighted by atomic mass is 10.00. The number of carbonyl (C=O) groups excluding carboxylic acids is 1. The summed E-state index contributed by atoms with van der Waals surface area (Å²) in [5.74, 6) is -2.21. The van der Waals surface area contributed by atoms with Crippen LogP contribution in [0.3, 0.4) is 0 Å². The molecule has 228 valence electrons. The Labute approximate surface area is 254 Å². The fourth-order valence-electron chi connectivity index (χ4n) is 4.52. The van der Waals surface area contributed by atoms with Gasteiger partial charge in [-0.2, -0.15) is 13.7 Å². The zero-order valence-electron chi connectivity index (χ0n) is 23.8. The number of hydrogen-bond acceptors (Lipinski definition) is 7. The third-order valence-electron chi connectivity index (χ3n) is 6.76. The summed E-state index contributed by atoms with van der Waals surface area (Å²) in [6.07, 6.45) is 0.782. The van der Waals surface area contributed by atoms with Gasteiger partial charge in [-0.3, -0.25) is 9.52 Å². The number of nitrogens with zero attached hydrogens (tertiary/aromatic N) is 2. The number of halogens is 2. The molecule has 1 aromatic heterocycles. The second-order valence-corrected chi connectivity index (χ2v) is 11.7. The van der Waals surface area contributed by atoms with Crippen LogP contribution in [0.1, 0.15) is 39.5 Å². The normalized spacial score (nSPS) is 12.6. The maximum absolute atomic E-state index is 13.9. The first-order valence-corrected chi connectivity index (χ1v) is 15.3. The number of nitrogens with one attached hydrogen (secondary N) is 3. The van der Waals surface area contributed by atoms with E-state index in [-0.39, 0.29) is 40.4 Å². The van der Waals surface area contributed by atoms with Crippen molar-refractivity contribution in [2.24, 2.45) is 0 Å². The van der Waals surface area contributed by atoms with Gasteiger partial charge in [0.05, 0.1) is 17.7 Å². The molecule has 2 atom stereocenters. The molecule has 0 spiro atoms. The number of pyridine rings is 1. The Morgan fingerprint density at radius 3 is 2.39 bits per heavy atom. The second kappa shape index (κ2) is 14.7. The fourth-order valence-corrected chi connectivity index (χ4v) is 5.50. The van der Waals surface area contributed by atoms with Crippen LogP contribution in [0.2, 0.25) is 0 Å². The van der Waals surface area contributed by atoms with Crippen LogP contribution in [-0.4, -0.2) is 43.1 Å². The molecule has 0 aliphatic rings. The maximum Gasteiger partial charge on any atom is 0.279 e. The number of carbonyl (C=O) groups is 1. The van der Waals surface area contributed by atoms with Crippen molar-refractivity contribution < 1.29 is 27.1 Å². The van der Waals surface area contributed by atoms with Gasteiger partial charge in [0.15, 0.2) is 5.03 Å². The van der Waals surface area contributed by atoms with Gasteiger partial charge in [0.2, 0.25) is 0 Å². The van der Waals surface area contributed by atoms with Gasteiger partial charge in [0, 0.05) is 36.6 Å². The molecule has 0 fully saturated rings. The summed E-state index contributed by atoms with van der Waals surface area (Å²) in [7, 11) is -4.13. The molecule has 12 heteroatoms. The number of aliphatic hydroxyl groups is 1. The summed E-state index contributed by atoms with van der Waals surface area (Å²) < 4.78 is 55.8. The molecule has 2 unspecified atom stereocenters. The first kappa shape index (κ1) is 32.2. The van der Waals surface area contributed by atoms with Gasteiger partial charge < -0.3 is 15.7 Å². The number of aryl methyl sites for hydroxylation is 1. The number of benzene rings is 3. The summed E-state index contributed by atoms with van der Waals surface area (Å²) in [5, 5.41) is 25.6. The van der Waals surface area contributed by atoms with Crippen LogP contribution in [-0.2, 0) is 29.4 Å². The van der Waals surface area contributed by atoms with Gasteiger partial charge >= 0.3 is 0 Å². The number of amides is 1. The average Bonchev–Trinajstić information content (AvgIpc) is 3.00. The number of anilines is 1. The van der Waals surface area contributed by atoms with E-state index in [1.807, 2.05) is 30.3 Å². The monoisotopic (exact) mass is 619 g/mol. The highest BCUT2D eigenvalue weighted by atomic mass is 32.2. The molecule has 0 aliphatic carbocycles. The SMILES string of the molecule is CCc1cccc(CNCC(O)C(Cc2cc(F)cc(F)c2)NC(=O)c2cccc(NS(=O)(=O)c3ccc(C#N)cn3)c2)c1. The van der Waals surface area contributed by atoms with Crippen molar-refractivity contribution in [3.05, 3.63) is 125 Å². The Balaban J connectivity index is 1.49. The lowest BCUT2D eigenvalue weighted by Gasteiger charge is -2.25. The molecule has 0 saturated heterocycles. The highest BCUT2D eigenvalue weighted by molar-refractivity contribution is 7.92. The predicted molar refractivity (Wildman–Crippen MR) is 161 cm³/mol. The fraction of sp³-hybridized carbons (Fsp3) is 0.219. The molecule has 3 aromatic carbocycles. The summed E-state index contributed by atoms with van der Waals surface area (Å²) in [4.78, 5) is 17.1. The zero-order chi connectivity index (χ0) is 31.7. The Morgan fingerprint density at radius 1 is 0.977 bits per heavy atom. The third kappa shape index (κ3) is 8.90. The van der Waals surface area contributed by atoms with Crippen molar-refractivity contribution >= 4 is 21.6 Å². The molecular formula is C32H31F2N5O4S. The van der Waals surface area contributed by atoms with E-state index in [1.54, 1.807) is 0 Å². The summed E-state index contributed by atoms with van der Waals surface area (Å²) in [6.45, 7) is 2.57. The minimum Gasteiger partial charge on any atom is -0.390 e. The third-order valence-corrected chi connectivity index (χ3v) is 8.06. The van der Waals surface area contributed by atoms with Crippen LogP contribution in [0.15, 0.2) is 90.1 Å². The van der Waals surface area contributed by atoms with E-state index in [9.17, 15) is 27.1 Å². The number of aliphatic hydroxyl groups excluding tert-OH is 1. The number of hydrogen-bond donors (Lipinski definition) is 4. The molecule has 4 aromatic rings. The van der Waals surface area contributed by atoms with Crippen LogP contribution < -0.4 is 15.4 Å². The first-order valence-electron chi connectivity index (χ1n) is 13.8. The van der Waals surface area contributed by atoms with Crippen molar-refractivity contribution in [3.63, 3.8) is 0 Å². The van der Waals surface area contributed by atoms with Crippen LogP contribution in [0.4, 0.5) is 14.5 Å². The Hall–Kier alpha value is -4.70. The first-order chi connectivity index (χ1) is 21.1. The van der Waals surface area contributed by atoms with E-state index >= 15 is 0 Å². The second-order valence-electron chi connectivity index (χ2n) is 10.1. The summed E-state index contributed by atoms with van der Waals surface area (Å²) in [6, 6.07) is 20.0. The molecule has 4 rings (SSSR count). The molecule has 0 saturated carbocycles. The smallest absolute Gasteiger partial charge is 0.279 e. The molecule has 0 aliphatic heterocycles. The van der Waals surface area contributed by atoms with E-state index in [4.69, 9.17) is 5.26 Å². The minimum atomic E-state index is -4.13. The Bertz CT molecular complexity index is 1740. The lowest BCUT2D eigenvalue weighted by Crippen LogP contribution is -2.48. The topological polar surface area (TPSA) is 144 Å². The van der Waals surface area contributed by atoms with E-state index < -0.39 is 39.7 Å². The lowest BCUT2D eigenvalue weighted by molar-refractivity contribution is 0.0830. The largest absolute Gasteiger partial charge is 0.390 e. The molecule has 1 amide bonds. The molecular weight excluding hydrogens is 588 g/mol. The molecule has 0 bridgehead atoms. The standard InChI is InChI=1S/C32H31F2N5O4S/c1-2-21-5-3-6-22(11-21)18-36-20-30(40)29(14-24-12-26(33)16-27(34)13-24)38-32(41)25-7-4-8-28(15-25)39-44(42,43)31-10-9-23(17-35)19-37-31/h3-13,15-16,19,29-30,36,39-40H,2,14,18,20H2,1H3,(H,38,41). The van der Waals surface area contributed by atoms with Crippen molar-refractivity contribution in [1.29, 1.82) is 5.26 Å². The van der Waals surface area contributed by atoms with Crippen LogP contribution in [0.25, 0.3) is 0 Å². The van der Waals surface area contributed by atoms with E-state index in [0.29, 0.717) is 6.54 Å². The van der Waals surface area contributed by atoms with E-state index in [2.05, 4.69) is 27.3 Å². The van der Waals surface area contributed by atoms with Crippen molar-refractivity contribution in [1.82, 2.24) is 15.6 Å². The zero-order valence-corrected chi connectivity index (χ0v) is 24.6. The summed E-state index contributed by atoms with van der Waals surface area (Å²) in [5.41, 5.74) is 2.76. The van der Waals surface area contributed by atoms with E-state index in [1.165, 1.54) is 42.0 Å². The van der Waals surface area contributed by atoms with Crippen molar-refractivity contribution in [2.45, 2.75) is 43.5 Å². The molecule has 44 heavy (non-hydrogen) atoms. The Morgan fingerprint density at radius 2 is 1.70 bits per heavy atom. The maximum atomic E-state index is 13.9. The highest BCUT2D eigenvalue weighted by Crippen LogP contribution is 2.18. The minimum absolute atomic E-state index is 0.0660. The predicted octanol–water partition coefficient (Wildman–Crippen LogP) is 4.09. The Kier molecular flexibility index (Phi) is 10.7. The molecule has 1 heterocycles. The summed E-state index contributed by atoms with van der Waals surface area (Å²) >= 11 is 0. The molecule has 9 nitrogen and oxygen atoms in total. The van der Waals surface area contributed by atoms with Crippen LogP contribution in [0.5, 0.6) is 0 Å². The average molecular weight is 620 g/mol. The van der Waals surface area contributed by atoms with E-state index in [0.717, 1.165) is 36.4 Å². The van der Waals surface area contributed by atoms with Gasteiger partial charge in [-0.05, 0) is 72.0 Å². The quantitative estimate of drug-likeness (QED) is 0.177. The van der Waals surface area contributed by atoms with Crippen LogP contribution >= 0.6 is 0 Å². The van der Waals surface area contributed by atoms with Gasteiger partial charge in [0.25, 0.3) is 15.9 Å². The van der Waals surface area contributed by atoms with Gasteiger partial charge in [-0.1, -0.05) is 37.3 Å². The van der Waals surface area contributed by atoms with Gasteiger partial charge in [-0.15, -0.1) is 0 Å². The van der Waals surface area contributed by atoms with Gasteiger partial charge in [-0.25, -0.2) is 13.8 Å². The number of aromatic nitrogens is 1. The number of nitriles is 1. The molecule has 0 radical (unpaired) electrons. The van der Waals surface area contributed by atoms with Crippen molar-refractivity contribution in [3.8, 4) is 6.07 Å². The highest BCUT2D eigenvalue weighted by Gasteiger charge is 2.24. The van der Waals surface area contributed by atoms with Crippen LogP contribution in [0, 0.1) is 23.0 Å². The number of rotatable bonds is 13. The molecule has 4 N–H and O–H groups in total. The number of sulfonamides is 1.